The van der Waals surface area contributed by atoms with Crippen LogP contribution in [0.25, 0.3) is 0 Å². The molecule has 2 fully saturated rings. The molecule has 0 aromatic heterocycles. The molecule has 1 saturated heterocycles. The Bertz CT molecular complexity index is 928. The van der Waals surface area contributed by atoms with E-state index in [1.807, 2.05) is 6.07 Å². The number of hydrogen-bond acceptors (Lipinski definition) is 4. The van der Waals surface area contributed by atoms with E-state index in [1.165, 1.54) is 17.7 Å². The number of rotatable bonds is 6. The van der Waals surface area contributed by atoms with Gasteiger partial charge in [-0.3, -0.25) is 4.79 Å². The van der Waals surface area contributed by atoms with Gasteiger partial charge in [0.25, 0.3) is 5.91 Å². The van der Waals surface area contributed by atoms with Crippen molar-refractivity contribution in [2.75, 3.05) is 19.7 Å². The summed E-state index contributed by atoms with van der Waals surface area (Å²) in [6, 6.07) is 16.5. The van der Waals surface area contributed by atoms with Crippen molar-refractivity contribution in [3.8, 4) is 5.75 Å². The van der Waals surface area contributed by atoms with Crippen LogP contribution in [0.2, 0.25) is 0 Å². The molecule has 1 aliphatic heterocycles. The van der Waals surface area contributed by atoms with Gasteiger partial charge >= 0.3 is 0 Å². The number of benzene rings is 2. The Morgan fingerprint density at radius 2 is 1.70 bits per heavy atom. The summed E-state index contributed by atoms with van der Waals surface area (Å²) in [5.41, 5.74) is 6.51. The standard InChI is InChI=1S/C20H22N2O4S/c21-19(23)12-26-17-6-8-18(9-7-17)27(24,25)22-13-20(14-22)10-16(11-20)15-4-2-1-3-5-15/h1-9,16H,10-14H2,(H2,21,23). The molecule has 7 heteroatoms. The molecule has 1 amide bonds. The second kappa shape index (κ2) is 6.65. The third-order valence-electron chi connectivity index (χ3n) is 5.50. The average Bonchev–Trinajstić information content (AvgIpc) is 2.59. The first-order chi connectivity index (χ1) is 12.9. The number of sulfonamides is 1. The first-order valence-corrected chi connectivity index (χ1v) is 10.4. The van der Waals surface area contributed by atoms with Crippen LogP contribution < -0.4 is 10.5 Å². The molecule has 2 aromatic rings. The normalized spacial score (nSPS) is 19.3. The van der Waals surface area contributed by atoms with E-state index in [9.17, 15) is 13.2 Å². The van der Waals surface area contributed by atoms with E-state index in [2.05, 4.69) is 24.3 Å². The number of carbonyl (C=O) groups excluding carboxylic acids is 1. The van der Waals surface area contributed by atoms with Crippen molar-refractivity contribution in [1.82, 2.24) is 4.31 Å². The number of ether oxygens (including phenoxy) is 1. The zero-order valence-corrected chi connectivity index (χ0v) is 15.7. The summed E-state index contributed by atoms with van der Waals surface area (Å²) in [4.78, 5) is 11.0. The highest BCUT2D eigenvalue weighted by atomic mass is 32.2. The summed E-state index contributed by atoms with van der Waals surface area (Å²) in [7, 11) is -3.49. The van der Waals surface area contributed by atoms with Crippen LogP contribution in [-0.2, 0) is 14.8 Å². The fraction of sp³-hybridized carbons (Fsp3) is 0.350. The number of primary amides is 1. The zero-order valence-electron chi connectivity index (χ0n) is 14.9. The smallest absolute Gasteiger partial charge is 0.255 e. The van der Waals surface area contributed by atoms with Crippen molar-refractivity contribution in [1.29, 1.82) is 0 Å². The number of carbonyl (C=O) groups is 1. The Hall–Kier alpha value is -2.38. The minimum Gasteiger partial charge on any atom is -0.484 e. The summed E-state index contributed by atoms with van der Waals surface area (Å²) >= 11 is 0. The lowest BCUT2D eigenvalue weighted by atomic mass is 9.57. The van der Waals surface area contributed by atoms with Crippen LogP contribution in [0.4, 0.5) is 0 Å². The van der Waals surface area contributed by atoms with Crippen molar-refractivity contribution < 1.29 is 17.9 Å². The third kappa shape index (κ3) is 3.44. The van der Waals surface area contributed by atoms with E-state index in [1.54, 1.807) is 16.4 Å². The van der Waals surface area contributed by atoms with Crippen LogP contribution in [0.1, 0.15) is 24.3 Å². The summed E-state index contributed by atoms with van der Waals surface area (Å²) in [6.07, 6.45) is 2.09. The molecule has 1 aliphatic carbocycles. The topological polar surface area (TPSA) is 89.7 Å². The highest BCUT2D eigenvalue weighted by molar-refractivity contribution is 7.89. The number of amides is 1. The number of hydrogen-bond donors (Lipinski definition) is 1. The van der Waals surface area contributed by atoms with E-state index >= 15 is 0 Å². The summed E-state index contributed by atoms with van der Waals surface area (Å²) in [5, 5.41) is 0. The molecule has 2 aromatic carbocycles. The van der Waals surface area contributed by atoms with Crippen molar-refractivity contribution >= 4 is 15.9 Å². The van der Waals surface area contributed by atoms with Crippen LogP contribution in [0.3, 0.4) is 0 Å². The quantitative estimate of drug-likeness (QED) is 0.823. The lowest BCUT2D eigenvalue weighted by Crippen LogP contribution is -2.62. The van der Waals surface area contributed by atoms with Crippen molar-refractivity contribution in [3.63, 3.8) is 0 Å². The Labute approximate surface area is 159 Å². The maximum absolute atomic E-state index is 12.8. The predicted octanol–water partition coefficient (Wildman–Crippen LogP) is 2.12. The van der Waals surface area contributed by atoms with Gasteiger partial charge in [-0.1, -0.05) is 30.3 Å². The molecule has 0 radical (unpaired) electrons. The average molecular weight is 386 g/mol. The summed E-state index contributed by atoms with van der Waals surface area (Å²) in [6.45, 7) is 0.931. The van der Waals surface area contributed by atoms with E-state index in [-0.39, 0.29) is 16.9 Å². The van der Waals surface area contributed by atoms with Gasteiger partial charge in [-0.25, -0.2) is 8.42 Å². The van der Waals surface area contributed by atoms with Gasteiger partial charge in [0.2, 0.25) is 10.0 Å². The van der Waals surface area contributed by atoms with Crippen LogP contribution in [0.5, 0.6) is 5.75 Å². The minimum atomic E-state index is -3.49. The van der Waals surface area contributed by atoms with E-state index < -0.39 is 15.9 Å². The van der Waals surface area contributed by atoms with E-state index in [4.69, 9.17) is 10.5 Å². The Balaban J connectivity index is 1.35. The first kappa shape index (κ1) is 18.0. The lowest BCUT2D eigenvalue weighted by Gasteiger charge is -2.58. The van der Waals surface area contributed by atoms with Crippen LogP contribution in [0.15, 0.2) is 59.5 Å². The van der Waals surface area contributed by atoms with Crippen LogP contribution in [-0.4, -0.2) is 38.3 Å². The molecule has 4 rings (SSSR count). The maximum Gasteiger partial charge on any atom is 0.255 e. The Morgan fingerprint density at radius 1 is 1.07 bits per heavy atom. The van der Waals surface area contributed by atoms with Gasteiger partial charge in [0, 0.05) is 13.1 Å². The molecule has 142 valence electrons. The Kier molecular flexibility index (Phi) is 4.44. The minimum absolute atomic E-state index is 0.137. The van der Waals surface area contributed by atoms with Gasteiger partial charge in [-0.2, -0.15) is 4.31 Å². The summed E-state index contributed by atoms with van der Waals surface area (Å²) in [5.74, 6) is 0.377. The lowest BCUT2D eigenvalue weighted by molar-refractivity contribution is -0.119. The molecule has 0 unspecified atom stereocenters. The predicted molar refractivity (Wildman–Crippen MR) is 101 cm³/mol. The molecule has 6 nitrogen and oxygen atoms in total. The monoisotopic (exact) mass is 386 g/mol. The van der Waals surface area contributed by atoms with Crippen molar-refractivity contribution in [3.05, 3.63) is 60.2 Å². The number of nitrogens with two attached hydrogens (primary N) is 1. The molecule has 2 N–H and O–H groups in total. The van der Waals surface area contributed by atoms with Crippen LogP contribution >= 0.6 is 0 Å². The van der Waals surface area contributed by atoms with Gasteiger partial charge in [0.05, 0.1) is 4.90 Å². The molecular weight excluding hydrogens is 364 g/mol. The molecule has 27 heavy (non-hydrogen) atoms. The molecule has 0 atom stereocenters. The van der Waals surface area contributed by atoms with Crippen molar-refractivity contribution in [2.45, 2.75) is 23.7 Å². The van der Waals surface area contributed by atoms with Gasteiger partial charge in [0.1, 0.15) is 5.75 Å². The zero-order chi connectivity index (χ0) is 19.1. The van der Waals surface area contributed by atoms with Crippen molar-refractivity contribution in [2.24, 2.45) is 11.1 Å². The SMILES string of the molecule is NC(=O)COc1ccc(S(=O)(=O)N2CC3(CC(c4ccccc4)C3)C2)cc1. The van der Waals surface area contributed by atoms with Crippen LogP contribution in [0, 0.1) is 5.41 Å². The molecule has 0 bridgehead atoms. The van der Waals surface area contributed by atoms with Gasteiger partial charge < -0.3 is 10.5 Å². The van der Waals surface area contributed by atoms with Gasteiger partial charge in [0.15, 0.2) is 6.61 Å². The highest BCUT2D eigenvalue weighted by Crippen LogP contribution is 2.56. The Morgan fingerprint density at radius 3 is 2.30 bits per heavy atom. The number of nitrogens with zero attached hydrogens (tertiary/aromatic N) is 1. The first-order valence-electron chi connectivity index (χ1n) is 8.94. The van der Waals surface area contributed by atoms with E-state index in [0.29, 0.717) is 24.8 Å². The molecule has 1 saturated carbocycles. The molecular formula is C20H22N2O4S. The third-order valence-corrected chi connectivity index (χ3v) is 7.30. The summed E-state index contributed by atoms with van der Waals surface area (Å²) < 4.78 is 32.3. The fourth-order valence-corrected chi connectivity index (χ4v) is 5.75. The maximum atomic E-state index is 12.8. The largest absolute Gasteiger partial charge is 0.484 e. The van der Waals surface area contributed by atoms with E-state index in [0.717, 1.165) is 12.8 Å². The second-order valence-corrected chi connectivity index (χ2v) is 9.45. The fourth-order valence-electron chi connectivity index (χ4n) is 4.09. The second-order valence-electron chi connectivity index (χ2n) is 7.52. The molecule has 1 heterocycles. The molecule has 2 aliphatic rings. The van der Waals surface area contributed by atoms with Gasteiger partial charge in [-0.05, 0) is 54.0 Å². The molecule has 1 spiro atoms. The highest BCUT2D eigenvalue weighted by Gasteiger charge is 2.55. The van der Waals surface area contributed by atoms with Gasteiger partial charge in [-0.15, -0.1) is 0 Å².